The number of aliphatic hydroxyl groups is 8. The Labute approximate surface area is 572 Å². The molecule has 2 aromatic heterocycles. The number of carbonyl (C=O) groups excluding carboxylic acids is 8. The van der Waals surface area contributed by atoms with Gasteiger partial charge < -0.3 is 105 Å². The number of rotatable bonds is 51. The highest BCUT2D eigenvalue weighted by Crippen LogP contribution is 2.25. The van der Waals surface area contributed by atoms with Gasteiger partial charge in [0.1, 0.15) is 36.6 Å². The third-order valence-electron chi connectivity index (χ3n) is 15.4. The number of carbonyl (C=O) groups is 12. The number of aromatic nitrogens is 4. The fourth-order valence-electron chi connectivity index (χ4n) is 9.77. The highest BCUT2D eigenvalue weighted by Gasteiger charge is 2.37. The topological polar surface area (TPSA) is 655 Å². The number of hydrogen-bond acceptors (Lipinski definition) is 29. The van der Waals surface area contributed by atoms with Crippen molar-refractivity contribution in [3.8, 4) is 0 Å². The van der Waals surface area contributed by atoms with Gasteiger partial charge >= 0.3 is 23.9 Å². The van der Waals surface area contributed by atoms with Gasteiger partial charge in [-0.05, 0) is 81.9 Å². The van der Waals surface area contributed by atoms with Crippen LogP contribution in [0.3, 0.4) is 0 Å². The standard InChI is InChI=1S/C59H87N13O25S2/c1-98-99-27-38(58(96)97)70-55(92)31(5-14-44(81)62-18-19-73)22-40(77)36(12-17-47(85)86)68-54(91)30(6-15-45(82)64-25-41(78)49(87)50(88)42(79)26-74)21-39(76)35(11-16-46(83)84)67-53(90)29(4-13-43(60)80)20-34(75)9-10-37(57(94)95)69-52(89)28-2-7-32(8-3-28)63-23-33-24-65-51-48(66-33)56(93)72-59(61)71-51/h2-3,7-8,24,29-31,34-38,41-42,49-50,53,63,67,73-75,78-79,87-88,90H,4-6,9-23,25-27H2,1H3,(H2,60,80)(H,62,81)(H,64,82)(H,68,91)(H,69,89)(H,70,92)(H,83,84)(H,85,86)(H,94,95)(H,96,97)(H3,61,65,71,72,93)/t29-,30-,31-,34?,35-,36-,37-,38-,41+,42-,49-,50-,53?/m1/s1. The van der Waals surface area contributed by atoms with Gasteiger partial charge in [-0.2, -0.15) is 4.98 Å². The Hall–Kier alpha value is -8.58. The molecule has 0 saturated carbocycles. The summed E-state index contributed by atoms with van der Waals surface area (Å²) >= 11 is 0. The fourth-order valence-corrected chi connectivity index (χ4v) is 11.1. The van der Waals surface area contributed by atoms with Gasteiger partial charge in [-0.25, -0.2) is 19.6 Å². The van der Waals surface area contributed by atoms with Crippen LogP contribution < -0.4 is 54.2 Å². The van der Waals surface area contributed by atoms with Crippen molar-refractivity contribution in [2.45, 2.75) is 164 Å². The second-order valence-electron chi connectivity index (χ2n) is 22.9. The predicted octanol–water partition coefficient (Wildman–Crippen LogP) is -5.05. The molecule has 0 spiro atoms. The lowest BCUT2D eigenvalue weighted by molar-refractivity contribution is -0.142. The summed E-state index contributed by atoms with van der Waals surface area (Å²) in [7, 11) is 2.24. The normalized spacial score (nSPS) is 15.3. The number of nitrogens with one attached hydrogen (secondary N) is 8. The molecule has 38 nitrogen and oxygen atoms in total. The fraction of sp³-hybridized carbons (Fsp3) is 0.593. The number of H-pyrrole nitrogens is 1. The Balaban J connectivity index is 1.91. The number of aromatic amines is 1. The van der Waals surface area contributed by atoms with Gasteiger partial charge in [-0.1, -0.05) is 21.6 Å². The molecule has 0 fully saturated rings. The minimum Gasteiger partial charge on any atom is -0.481 e. The molecule has 0 saturated heterocycles. The van der Waals surface area contributed by atoms with E-state index in [-0.39, 0.29) is 54.4 Å². The average molecular weight is 1440 g/mol. The van der Waals surface area contributed by atoms with Gasteiger partial charge in [0.15, 0.2) is 22.7 Å². The first-order chi connectivity index (χ1) is 46.8. The van der Waals surface area contributed by atoms with Crippen molar-refractivity contribution in [3.63, 3.8) is 0 Å². The number of aliphatic carboxylic acids is 4. The first kappa shape index (κ1) is 84.6. The number of hydrogen-bond donors (Lipinski definition) is 22. The highest BCUT2D eigenvalue weighted by molar-refractivity contribution is 8.76. The van der Waals surface area contributed by atoms with Gasteiger partial charge in [0, 0.05) is 92.8 Å². The SMILES string of the molecule is CSSC[C@@H](NC(=O)[C@H](CCC(=O)NCCO)CC(=O)[C@@H](CCC(=O)O)NC(=O)[C@H](CCC(=O)NC[C@H](O)[C@@H](O)[C@H](O)[C@H](O)CO)CC(=O)[C@@H](CCC(=O)O)NC(O)[C@H](CCC(N)=O)CC(O)CC[C@@H](NC(=O)c1ccc(NCc2cnc3nc(N)[nH]c(=O)c3n2)cc1)C(=O)O)C(=O)O. The van der Waals surface area contributed by atoms with Gasteiger partial charge in [-0.15, -0.1) is 0 Å². The van der Waals surface area contributed by atoms with E-state index in [2.05, 4.69) is 57.2 Å². The Kier molecular flexibility index (Phi) is 37.4. The number of Topliss-reactive ketones (excluding diaryl/α,β-unsaturated/α-hetero) is 2. The molecule has 3 aromatic rings. The zero-order valence-corrected chi connectivity index (χ0v) is 55.4. The Morgan fingerprint density at radius 2 is 1.20 bits per heavy atom. The van der Waals surface area contributed by atoms with Crippen LogP contribution in [-0.4, -0.2) is 251 Å². The van der Waals surface area contributed by atoms with E-state index in [1.807, 2.05) is 0 Å². The number of ketones is 2. The van der Waals surface area contributed by atoms with Crippen LogP contribution in [-0.2, 0) is 59.3 Å². The van der Waals surface area contributed by atoms with E-state index < -0.39 is 258 Å². The predicted molar refractivity (Wildman–Crippen MR) is 350 cm³/mol. The summed E-state index contributed by atoms with van der Waals surface area (Å²) in [6.07, 6.45) is -17.6. The van der Waals surface area contributed by atoms with Crippen LogP contribution in [0.2, 0.25) is 0 Å². The number of nitrogens with zero attached hydrogens (tertiary/aromatic N) is 3. The van der Waals surface area contributed by atoms with E-state index in [1.54, 1.807) is 6.26 Å². The first-order valence-electron chi connectivity index (χ1n) is 31.0. The number of benzene rings is 1. The lowest BCUT2D eigenvalue weighted by atomic mass is 9.88. The third kappa shape index (κ3) is 31.0. The summed E-state index contributed by atoms with van der Waals surface area (Å²) < 4.78 is 0. The number of primary amides is 1. The molecule has 0 bridgehead atoms. The molecule has 2 heterocycles. The maximum absolute atomic E-state index is 14.5. The van der Waals surface area contributed by atoms with Crippen molar-refractivity contribution in [3.05, 3.63) is 52.1 Å². The summed E-state index contributed by atoms with van der Waals surface area (Å²) in [5, 5.41) is 138. The number of amides is 6. The zero-order valence-electron chi connectivity index (χ0n) is 53.7. The molecule has 1 aromatic carbocycles. The molecule has 13 atom stereocenters. The van der Waals surface area contributed by atoms with E-state index in [0.717, 1.165) is 10.8 Å². The molecule has 24 N–H and O–H groups in total. The number of aliphatic hydroxyl groups excluding tert-OH is 8. The number of carboxylic acid groups (broad SMARTS) is 4. The number of fused-ring (bicyclic) bond motifs is 1. The van der Waals surface area contributed by atoms with Gasteiger partial charge in [-0.3, -0.25) is 63.0 Å². The molecule has 3 rings (SSSR count). The monoisotopic (exact) mass is 1440 g/mol. The molecule has 0 radical (unpaired) electrons. The molecule has 6 amide bonds. The van der Waals surface area contributed by atoms with E-state index in [9.17, 15) is 119 Å². The van der Waals surface area contributed by atoms with E-state index >= 15 is 0 Å². The van der Waals surface area contributed by atoms with E-state index in [0.29, 0.717) is 11.4 Å². The minimum atomic E-state index is -2.13. The smallest absolute Gasteiger partial charge is 0.327 e. The summed E-state index contributed by atoms with van der Waals surface area (Å²) in [4.78, 5) is 184. The van der Waals surface area contributed by atoms with Crippen molar-refractivity contribution in [2.24, 2.45) is 23.5 Å². The number of nitrogen functional groups attached to an aromatic ring is 1. The maximum atomic E-state index is 14.5. The molecule has 40 heteroatoms. The van der Waals surface area contributed by atoms with Crippen molar-refractivity contribution < 1.29 is 119 Å². The van der Waals surface area contributed by atoms with E-state index in [1.165, 1.54) is 41.3 Å². The van der Waals surface area contributed by atoms with Crippen LogP contribution in [0.25, 0.3) is 11.2 Å². The second-order valence-corrected chi connectivity index (χ2v) is 25.6. The average Bonchev–Trinajstić information content (AvgIpc) is 0.816. The lowest BCUT2D eigenvalue weighted by Crippen LogP contribution is -2.50. The molecule has 0 aliphatic carbocycles. The van der Waals surface area contributed by atoms with Crippen molar-refractivity contribution >= 4 is 115 Å². The van der Waals surface area contributed by atoms with Gasteiger partial charge in [0.25, 0.3) is 11.5 Å². The van der Waals surface area contributed by atoms with Crippen molar-refractivity contribution in [2.75, 3.05) is 49.4 Å². The van der Waals surface area contributed by atoms with Crippen LogP contribution >= 0.6 is 21.6 Å². The molecule has 99 heavy (non-hydrogen) atoms. The van der Waals surface area contributed by atoms with Crippen LogP contribution in [0.4, 0.5) is 11.6 Å². The minimum absolute atomic E-state index is 0.0206. The highest BCUT2D eigenvalue weighted by atomic mass is 33.1. The quantitative estimate of drug-likeness (QED) is 0.0186. The zero-order chi connectivity index (χ0) is 74.1. The van der Waals surface area contributed by atoms with Crippen molar-refractivity contribution in [1.29, 1.82) is 0 Å². The van der Waals surface area contributed by atoms with Crippen LogP contribution in [0, 0.1) is 17.8 Å². The maximum Gasteiger partial charge on any atom is 0.327 e. The number of nitrogens with two attached hydrogens (primary N) is 2. The van der Waals surface area contributed by atoms with E-state index in [4.69, 9.17) is 16.6 Å². The number of carboxylic acids is 4. The van der Waals surface area contributed by atoms with Crippen LogP contribution in [0.5, 0.6) is 0 Å². The first-order valence-corrected chi connectivity index (χ1v) is 33.7. The lowest BCUT2D eigenvalue weighted by Gasteiger charge is -2.30. The molecule has 0 aliphatic rings. The molecule has 550 valence electrons. The largest absolute Gasteiger partial charge is 0.481 e. The molecular formula is C59H87N13O25S2. The second kappa shape index (κ2) is 43.7. The summed E-state index contributed by atoms with van der Waals surface area (Å²) in [5.74, 6) is -18.5. The summed E-state index contributed by atoms with van der Waals surface area (Å²) in [5.41, 5.74) is 11.2. The summed E-state index contributed by atoms with van der Waals surface area (Å²) in [6, 6.07) is -0.940. The summed E-state index contributed by atoms with van der Waals surface area (Å²) in [6.45, 7) is -2.43. The molecule has 0 aliphatic heterocycles. The van der Waals surface area contributed by atoms with Crippen LogP contribution in [0.1, 0.15) is 112 Å². The molecular weight excluding hydrogens is 1350 g/mol. The Morgan fingerprint density at radius 1 is 0.636 bits per heavy atom. The van der Waals surface area contributed by atoms with Crippen LogP contribution in [0.15, 0.2) is 35.3 Å². The Morgan fingerprint density at radius 3 is 1.76 bits per heavy atom. The molecule has 2 unspecified atom stereocenters. The third-order valence-corrected chi connectivity index (χ3v) is 17.2. The van der Waals surface area contributed by atoms with Gasteiger partial charge in [0.05, 0.1) is 55.9 Å². The number of anilines is 2. The van der Waals surface area contributed by atoms with Crippen molar-refractivity contribution in [1.82, 2.24) is 51.8 Å². The van der Waals surface area contributed by atoms with Gasteiger partial charge in [0.2, 0.25) is 35.5 Å². The Bertz CT molecular complexity index is 3280.